The third kappa shape index (κ3) is 3.37. The molecular weight excluding hydrogens is 284 g/mol. The van der Waals surface area contributed by atoms with Gasteiger partial charge in [0.1, 0.15) is 6.04 Å². The summed E-state index contributed by atoms with van der Waals surface area (Å²) in [5.74, 6) is -1.59. The maximum atomic E-state index is 12.7. The number of nitrogens with one attached hydrogen (secondary N) is 1. The van der Waals surface area contributed by atoms with Gasteiger partial charge in [-0.25, -0.2) is 9.48 Å². The third-order valence-corrected chi connectivity index (χ3v) is 3.67. The van der Waals surface area contributed by atoms with E-state index in [-0.39, 0.29) is 18.0 Å². The molecule has 0 aliphatic heterocycles. The second-order valence-electron chi connectivity index (χ2n) is 5.27. The van der Waals surface area contributed by atoms with E-state index in [2.05, 4.69) is 10.4 Å². The van der Waals surface area contributed by atoms with Crippen LogP contribution in [0.25, 0.3) is 0 Å². The Bertz CT molecular complexity index is 567. The minimum atomic E-state index is -2.77. The van der Waals surface area contributed by atoms with Crippen LogP contribution in [0, 0.1) is 19.8 Å². The van der Waals surface area contributed by atoms with Crippen LogP contribution in [0.1, 0.15) is 36.3 Å². The number of aryl methyl sites for hydroxylation is 1. The molecule has 1 aromatic heterocycles. The van der Waals surface area contributed by atoms with E-state index in [0.29, 0.717) is 15.9 Å². The van der Waals surface area contributed by atoms with E-state index < -0.39 is 24.5 Å². The number of rotatable bonds is 6. The molecule has 6 nitrogen and oxygen atoms in total. The van der Waals surface area contributed by atoms with Crippen LogP contribution in [0.3, 0.4) is 0 Å². The number of amides is 1. The zero-order valence-electron chi connectivity index (χ0n) is 11.8. The van der Waals surface area contributed by atoms with Gasteiger partial charge in [-0.1, -0.05) is 0 Å². The molecular formula is C13H17F2N3O3. The van der Waals surface area contributed by atoms with Gasteiger partial charge in [-0.2, -0.15) is 13.9 Å². The van der Waals surface area contributed by atoms with E-state index >= 15 is 0 Å². The second-order valence-corrected chi connectivity index (χ2v) is 5.27. The first-order chi connectivity index (χ1) is 9.81. The van der Waals surface area contributed by atoms with E-state index in [1.54, 1.807) is 6.92 Å². The standard InChI is InChI=1S/C13H17F2N3O3/c1-6-9(7(2)18(17-6)13(14)15)5-10(19)16-11(12(20)21)8-3-4-8/h8,11,13H,3-5H2,1-2H3,(H,16,19)(H,20,21). The fourth-order valence-electron chi connectivity index (χ4n) is 2.34. The first kappa shape index (κ1) is 15.4. The van der Waals surface area contributed by atoms with E-state index in [9.17, 15) is 18.4 Å². The highest BCUT2D eigenvalue weighted by molar-refractivity contribution is 5.85. The van der Waals surface area contributed by atoms with Crippen LogP contribution in [-0.4, -0.2) is 32.8 Å². The zero-order valence-corrected chi connectivity index (χ0v) is 11.8. The van der Waals surface area contributed by atoms with Crippen LogP contribution in [0.5, 0.6) is 0 Å². The molecule has 1 unspecified atom stereocenters. The molecule has 0 spiro atoms. The maximum absolute atomic E-state index is 12.7. The summed E-state index contributed by atoms with van der Waals surface area (Å²) in [6.45, 7) is 0.243. The van der Waals surface area contributed by atoms with Crippen LogP contribution in [-0.2, 0) is 16.0 Å². The van der Waals surface area contributed by atoms with E-state index in [1.165, 1.54) is 6.92 Å². The molecule has 1 fully saturated rings. The van der Waals surface area contributed by atoms with Crippen LogP contribution in [0.4, 0.5) is 8.78 Å². The Hall–Kier alpha value is -1.99. The monoisotopic (exact) mass is 301 g/mol. The van der Waals surface area contributed by atoms with Crippen molar-refractivity contribution in [3.63, 3.8) is 0 Å². The lowest BCUT2D eigenvalue weighted by Crippen LogP contribution is -2.43. The summed E-state index contributed by atoms with van der Waals surface area (Å²) in [5, 5.41) is 15.2. The summed E-state index contributed by atoms with van der Waals surface area (Å²) in [4.78, 5) is 23.0. The summed E-state index contributed by atoms with van der Waals surface area (Å²) < 4.78 is 26.0. The van der Waals surface area contributed by atoms with Crippen molar-refractivity contribution in [2.45, 2.75) is 45.7 Å². The quantitative estimate of drug-likeness (QED) is 0.832. The normalized spacial score (nSPS) is 16.0. The molecule has 2 N–H and O–H groups in total. The van der Waals surface area contributed by atoms with Gasteiger partial charge in [0.15, 0.2) is 0 Å². The number of hydrogen-bond donors (Lipinski definition) is 2. The number of hydrogen-bond acceptors (Lipinski definition) is 3. The second kappa shape index (κ2) is 5.79. The summed E-state index contributed by atoms with van der Waals surface area (Å²) in [5.41, 5.74) is 0.977. The molecule has 0 saturated heterocycles. The molecule has 2 rings (SSSR count). The molecule has 0 aromatic carbocycles. The van der Waals surface area contributed by atoms with Gasteiger partial charge in [0.2, 0.25) is 5.91 Å². The Morgan fingerprint density at radius 3 is 2.48 bits per heavy atom. The number of aliphatic carboxylic acids is 1. The van der Waals surface area contributed by atoms with Crippen molar-refractivity contribution < 1.29 is 23.5 Å². The number of nitrogens with zero attached hydrogens (tertiary/aromatic N) is 2. The van der Waals surface area contributed by atoms with Gasteiger partial charge in [-0.3, -0.25) is 4.79 Å². The molecule has 1 aromatic rings. The van der Waals surface area contributed by atoms with Gasteiger partial charge in [-0.05, 0) is 32.6 Å². The van der Waals surface area contributed by atoms with Gasteiger partial charge >= 0.3 is 12.5 Å². The number of aromatic nitrogens is 2. The van der Waals surface area contributed by atoms with Gasteiger partial charge in [-0.15, -0.1) is 0 Å². The Labute approximate surface area is 120 Å². The van der Waals surface area contributed by atoms with Crippen LogP contribution < -0.4 is 5.32 Å². The fourth-order valence-corrected chi connectivity index (χ4v) is 2.34. The lowest BCUT2D eigenvalue weighted by molar-refractivity contribution is -0.142. The average Bonchev–Trinajstić information content (AvgIpc) is 3.18. The topological polar surface area (TPSA) is 84.2 Å². The summed E-state index contributed by atoms with van der Waals surface area (Å²) in [6.07, 6.45) is 1.40. The lowest BCUT2D eigenvalue weighted by Gasteiger charge is -2.13. The summed E-state index contributed by atoms with van der Waals surface area (Å²) >= 11 is 0. The molecule has 8 heteroatoms. The zero-order chi connectivity index (χ0) is 15.7. The first-order valence-corrected chi connectivity index (χ1v) is 6.66. The van der Waals surface area contributed by atoms with Gasteiger partial charge < -0.3 is 10.4 Å². The van der Waals surface area contributed by atoms with E-state index in [0.717, 1.165) is 12.8 Å². The summed E-state index contributed by atoms with van der Waals surface area (Å²) in [6, 6.07) is -0.900. The highest BCUT2D eigenvalue weighted by Gasteiger charge is 2.37. The SMILES string of the molecule is Cc1nn(C(F)F)c(C)c1CC(=O)NC(C(=O)O)C1CC1. The molecule has 1 aliphatic carbocycles. The predicted octanol–water partition coefficient (Wildman–Crippen LogP) is 1.42. The molecule has 0 radical (unpaired) electrons. The minimum Gasteiger partial charge on any atom is -0.480 e. The Morgan fingerprint density at radius 2 is 2.05 bits per heavy atom. The van der Waals surface area contributed by atoms with Gasteiger partial charge in [0.05, 0.1) is 12.1 Å². The van der Waals surface area contributed by atoms with Crippen LogP contribution >= 0.6 is 0 Å². The Balaban J connectivity index is 2.07. The molecule has 1 amide bonds. The Morgan fingerprint density at radius 1 is 1.43 bits per heavy atom. The van der Waals surface area contributed by atoms with E-state index in [4.69, 9.17) is 5.11 Å². The predicted molar refractivity (Wildman–Crippen MR) is 68.9 cm³/mol. The van der Waals surface area contributed by atoms with Crippen molar-refractivity contribution >= 4 is 11.9 Å². The van der Waals surface area contributed by atoms with Crippen LogP contribution in [0.15, 0.2) is 0 Å². The average molecular weight is 301 g/mol. The van der Waals surface area contributed by atoms with Gasteiger partial charge in [0.25, 0.3) is 0 Å². The Kier molecular flexibility index (Phi) is 4.24. The van der Waals surface area contributed by atoms with Crippen molar-refractivity contribution in [2.24, 2.45) is 5.92 Å². The number of carbonyl (C=O) groups excluding carboxylic acids is 1. The molecule has 1 saturated carbocycles. The molecule has 1 atom stereocenters. The van der Waals surface area contributed by atoms with Crippen molar-refractivity contribution in [1.82, 2.24) is 15.1 Å². The molecule has 1 aliphatic rings. The molecule has 0 bridgehead atoms. The summed E-state index contributed by atoms with van der Waals surface area (Å²) in [7, 11) is 0. The highest BCUT2D eigenvalue weighted by atomic mass is 19.3. The van der Waals surface area contributed by atoms with Crippen LogP contribution in [0.2, 0.25) is 0 Å². The lowest BCUT2D eigenvalue weighted by atomic mass is 10.1. The largest absolute Gasteiger partial charge is 0.480 e. The minimum absolute atomic E-state index is 0.0302. The van der Waals surface area contributed by atoms with Crippen molar-refractivity contribution in [1.29, 1.82) is 0 Å². The number of carbonyl (C=O) groups is 2. The number of carboxylic acids is 1. The number of halogens is 2. The molecule has 116 valence electrons. The maximum Gasteiger partial charge on any atom is 0.333 e. The fraction of sp³-hybridized carbons (Fsp3) is 0.615. The number of alkyl halides is 2. The third-order valence-electron chi connectivity index (χ3n) is 3.67. The molecule has 21 heavy (non-hydrogen) atoms. The van der Waals surface area contributed by atoms with Crippen molar-refractivity contribution in [2.75, 3.05) is 0 Å². The highest BCUT2D eigenvalue weighted by Crippen LogP contribution is 2.32. The smallest absolute Gasteiger partial charge is 0.333 e. The van der Waals surface area contributed by atoms with E-state index in [1.807, 2.05) is 0 Å². The first-order valence-electron chi connectivity index (χ1n) is 6.66. The number of carboxylic acid groups (broad SMARTS) is 1. The molecule has 1 heterocycles. The van der Waals surface area contributed by atoms with Crippen molar-refractivity contribution in [3.8, 4) is 0 Å². The van der Waals surface area contributed by atoms with Gasteiger partial charge in [0, 0.05) is 11.3 Å². The van der Waals surface area contributed by atoms with Crippen molar-refractivity contribution in [3.05, 3.63) is 17.0 Å².